The minimum absolute atomic E-state index is 0.212. The highest BCUT2D eigenvalue weighted by Gasteiger charge is 2.29. The first-order valence-corrected chi connectivity index (χ1v) is 8.29. The molecule has 0 saturated carbocycles. The van der Waals surface area contributed by atoms with Crippen LogP contribution < -0.4 is 0 Å². The summed E-state index contributed by atoms with van der Waals surface area (Å²) in [6.45, 7) is 1.77. The molecule has 1 aliphatic carbocycles. The van der Waals surface area contributed by atoms with Crippen LogP contribution in [0, 0.1) is 0 Å². The Morgan fingerprint density at radius 1 is 1.26 bits per heavy atom. The second kappa shape index (κ2) is 6.91. The third-order valence-electron chi connectivity index (χ3n) is 4.12. The number of alkyl halides is 1. The maximum Gasteiger partial charge on any atom is 0.333 e. The van der Waals surface area contributed by atoms with Gasteiger partial charge < -0.3 is 5.11 Å². The number of carboxylic acid groups (broad SMARTS) is 1. The molecule has 0 fully saturated rings. The zero-order valence-electron chi connectivity index (χ0n) is 12.5. The molecule has 120 valence electrons. The SMILES string of the molecule is O=C(O)C1=C(C2=CCC(Cl)C(Cl)=C2)CN(Cc2ccccc2)C1. The molecule has 0 amide bonds. The van der Waals surface area contributed by atoms with Gasteiger partial charge in [-0.15, -0.1) is 11.6 Å². The first-order valence-electron chi connectivity index (χ1n) is 7.48. The van der Waals surface area contributed by atoms with Gasteiger partial charge >= 0.3 is 5.97 Å². The Morgan fingerprint density at radius 2 is 2.00 bits per heavy atom. The van der Waals surface area contributed by atoms with Crippen molar-refractivity contribution in [1.82, 2.24) is 4.90 Å². The Balaban J connectivity index is 1.81. The Bertz CT molecular complexity index is 707. The summed E-state index contributed by atoms with van der Waals surface area (Å²) in [5.74, 6) is -0.867. The molecule has 1 aromatic rings. The van der Waals surface area contributed by atoms with Gasteiger partial charge in [0.05, 0.1) is 11.0 Å². The average molecular weight is 350 g/mol. The first-order chi connectivity index (χ1) is 11.0. The summed E-state index contributed by atoms with van der Waals surface area (Å²) in [6, 6.07) is 10.1. The van der Waals surface area contributed by atoms with Crippen molar-refractivity contribution in [2.45, 2.75) is 18.3 Å². The van der Waals surface area contributed by atoms with Crippen LogP contribution in [0.25, 0.3) is 0 Å². The van der Waals surface area contributed by atoms with Gasteiger partial charge in [0.1, 0.15) is 0 Å². The maximum atomic E-state index is 11.6. The number of aliphatic carboxylic acids is 1. The monoisotopic (exact) mass is 349 g/mol. The highest BCUT2D eigenvalue weighted by Crippen LogP contribution is 2.33. The standard InChI is InChI=1S/C18H17Cl2NO2/c19-16-7-6-13(8-17(16)20)14-10-21(11-15(14)18(22)23)9-12-4-2-1-3-5-12/h1-6,8,16H,7,9-11H2,(H,22,23). The summed E-state index contributed by atoms with van der Waals surface area (Å²) in [7, 11) is 0. The summed E-state index contributed by atoms with van der Waals surface area (Å²) in [5, 5.41) is 9.88. The molecule has 1 aliphatic heterocycles. The van der Waals surface area contributed by atoms with E-state index in [1.807, 2.05) is 36.4 Å². The van der Waals surface area contributed by atoms with Crippen LogP contribution in [-0.4, -0.2) is 34.4 Å². The minimum atomic E-state index is -0.867. The van der Waals surface area contributed by atoms with Crippen molar-refractivity contribution >= 4 is 29.2 Å². The van der Waals surface area contributed by atoms with E-state index in [9.17, 15) is 9.90 Å². The molecule has 0 aromatic heterocycles. The van der Waals surface area contributed by atoms with Crippen molar-refractivity contribution < 1.29 is 9.90 Å². The lowest BCUT2D eigenvalue weighted by molar-refractivity contribution is -0.132. The molecule has 1 heterocycles. The Hall–Kier alpha value is -1.55. The van der Waals surface area contributed by atoms with Crippen LogP contribution in [0.4, 0.5) is 0 Å². The van der Waals surface area contributed by atoms with Crippen molar-refractivity contribution in [1.29, 1.82) is 0 Å². The number of benzene rings is 1. The smallest absolute Gasteiger partial charge is 0.333 e. The summed E-state index contributed by atoms with van der Waals surface area (Å²) in [6.07, 6.45) is 4.40. The maximum absolute atomic E-state index is 11.6. The molecular formula is C18H17Cl2NO2. The highest BCUT2D eigenvalue weighted by molar-refractivity contribution is 6.37. The van der Waals surface area contributed by atoms with E-state index in [4.69, 9.17) is 23.2 Å². The van der Waals surface area contributed by atoms with E-state index in [-0.39, 0.29) is 5.38 Å². The van der Waals surface area contributed by atoms with Gasteiger partial charge in [0, 0.05) is 24.7 Å². The molecule has 2 aliphatic rings. The van der Waals surface area contributed by atoms with E-state index in [0.29, 0.717) is 30.1 Å². The molecule has 1 atom stereocenters. The van der Waals surface area contributed by atoms with E-state index in [1.54, 1.807) is 6.08 Å². The fourth-order valence-electron chi connectivity index (χ4n) is 2.96. The van der Waals surface area contributed by atoms with Gasteiger partial charge in [-0.25, -0.2) is 4.79 Å². The van der Waals surface area contributed by atoms with Crippen molar-refractivity contribution in [2.75, 3.05) is 13.1 Å². The topological polar surface area (TPSA) is 40.5 Å². The van der Waals surface area contributed by atoms with Crippen LogP contribution in [0.5, 0.6) is 0 Å². The van der Waals surface area contributed by atoms with Gasteiger partial charge in [0.2, 0.25) is 0 Å². The molecule has 23 heavy (non-hydrogen) atoms. The van der Waals surface area contributed by atoms with Crippen molar-refractivity contribution in [3.05, 3.63) is 69.8 Å². The molecular weight excluding hydrogens is 333 g/mol. The lowest BCUT2D eigenvalue weighted by Crippen LogP contribution is -2.22. The average Bonchev–Trinajstić information content (AvgIpc) is 2.95. The van der Waals surface area contributed by atoms with Gasteiger partial charge in [-0.05, 0) is 29.2 Å². The quantitative estimate of drug-likeness (QED) is 0.836. The van der Waals surface area contributed by atoms with Crippen LogP contribution in [0.3, 0.4) is 0 Å². The second-order valence-electron chi connectivity index (χ2n) is 5.78. The van der Waals surface area contributed by atoms with Crippen LogP contribution in [0.15, 0.2) is 64.2 Å². The third kappa shape index (κ3) is 3.69. The van der Waals surface area contributed by atoms with E-state index in [0.717, 1.165) is 17.7 Å². The van der Waals surface area contributed by atoms with Crippen molar-refractivity contribution in [3.63, 3.8) is 0 Å². The lowest BCUT2D eigenvalue weighted by Gasteiger charge is -2.18. The normalized spacial score (nSPS) is 22.1. The molecule has 3 nitrogen and oxygen atoms in total. The van der Waals surface area contributed by atoms with Gasteiger partial charge in [0.25, 0.3) is 0 Å². The number of hydrogen-bond acceptors (Lipinski definition) is 2. The predicted octanol–water partition coefficient (Wildman–Crippen LogP) is 3.94. The van der Waals surface area contributed by atoms with Gasteiger partial charge in [-0.2, -0.15) is 0 Å². The lowest BCUT2D eigenvalue weighted by atomic mass is 9.97. The highest BCUT2D eigenvalue weighted by atomic mass is 35.5. The first kappa shape index (κ1) is 16.3. The van der Waals surface area contributed by atoms with E-state index in [1.165, 1.54) is 5.56 Å². The van der Waals surface area contributed by atoms with Crippen LogP contribution in [0.2, 0.25) is 0 Å². The largest absolute Gasteiger partial charge is 0.478 e. The molecule has 5 heteroatoms. The molecule has 0 spiro atoms. The molecule has 1 unspecified atom stereocenters. The summed E-state index contributed by atoms with van der Waals surface area (Å²) in [4.78, 5) is 13.7. The van der Waals surface area contributed by atoms with Crippen molar-refractivity contribution in [2.24, 2.45) is 0 Å². The van der Waals surface area contributed by atoms with E-state index >= 15 is 0 Å². The third-order valence-corrected chi connectivity index (χ3v) is 5.02. The molecule has 3 rings (SSSR count). The molecule has 0 radical (unpaired) electrons. The Morgan fingerprint density at radius 3 is 2.65 bits per heavy atom. The number of nitrogens with zero attached hydrogens (tertiary/aromatic N) is 1. The van der Waals surface area contributed by atoms with E-state index in [2.05, 4.69) is 4.90 Å². The molecule has 1 aromatic carbocycles. The van der Waals surface area contributed by atoms with Gasteiger partial charge in [-0.3, -0.25) is 4.90 Å². The fourth-order valence-corrected chi connectivity index (χ4v) is 3.32. The summed E-state index contributed by atoms with van der Waals surface area (Å²) >= 11 is 12.2. The fraction of sp³-hybridized carbons (Fsp3) is 0.278. The molecule has 0 bridgehead atoms. The number of carboxylic acids is 1. The van der Waals surface area contributed by atoms with Crippen LogP contribution in [-0.2, 0) is 11.3 Å². The second-order valence-corrected chi connectivity index (χ2v) is 6.75. The summed E-state index contributed by atoms with van der Waals surface area (Å²) < 4.78 is 0. The number of rotatable bonds is 4. The summed E-state index contributed by atoms with van der Waals surface area (Å²) in [5.41, 5.74) is 3.35. The van der Waals surface area contributed by atoms with E-state index < -0.39 is 5.97 Å². The Kier molecular flexibility index (Phi) is 4.90. The molecule has 0 saturated heterocycles. The van der Waals surface area contributed by atoms with Crippen molar-refractivity contribution in [3.8, 4) is 0 Å². The minimum Gasteiger partial charge on any atom is -0.478 e. The number of halogens is 2. The van der Waals surface area contributed by atoms with Gasteiger partial charge in [0.15, 0.2) is 0 Å². The Labute approximate surface area is 145 Å². The van der Waals surface area contributed by atoms with Gasteiger partial charge in [-0.1, -0.05) is 48.0 Å². The zero-order chi connectivity index (χ0) is 16.4. The number of hydrogen-bond donors (Lipinski definition) is 1. The number of carbonyl (C=O) groups is 1. The number of allylic oxidation sites excluding steroid dienone is 3. The van der Waals surface area contributed by atoms with Crippen LogP contribution in [0.1, 0.15) is 12.0 Å². The predicted molar refractivity (Wildman–Crippen MR) is 92.7 cm³/mol. The zero-order valence-corrected chi connectivity index (χ0v) is 14.0. The molecule has 1 N–H and O–H groups in total. The van der Waals surface area contributed by atoms with Crippen LogP contribution >= 0.6 is 23.2 Å².